The van der Waals surface area contributed by atoms with E-state index in [1.165, 1.54) is 19.3 Å². The van der Waals surface area contributed by atoms with Crippen molar-refractivity contribution in [1.82, 2.24) is 29.9 Å². The molecule has 2 aliphatic heterocycles. The Labute approximate surface area is 161 Å². The van der Waals surface area contributed by atoms with E-state index >= 15 is 0 Å². The van der Waals surface area contributed by atoms with Crippen molar-refractivity contribution in [2.45, 2.75) is 32.6 Å². The van der Waals surface area contributed by atoms with Gasteiger partial charge in [-0.05, 0) is 26.2 Å². The number of hydrogen-bond acceptors (Lipinski definition) is 7. The van der Waals surface area contributed by atoms with Gasteiger partial charge in [0.15, 0.2) is 0 Å². The van der Waals surface area contributed by atoms with E-state index in [1.54, 1.807) is 4.68 Å². The van der Waals surface area contributed by atoms with Gasteiger partial charge in [0.05, 0.1) is 5.69 Å². The molecule has 8 heteroatoms. The number of nitrogens with zero attached hydrogens (tertiary/aromatic N) is 8. The molecule has 4 rings (SSSR count). The third-order valence-electron chi connectivity index (χ3n) is 5.52. The molecule has 0 saturated carbocycles. The number of piperidine rings is 1. The van der Waals surface area contributed by atoms with Crippen molar-refractivity contribution in [1.29, 1.82) is 0 Å². The molecule has 0 bridgehead atoms. The van der Waals surface area contributed by atoms with Gasteiger partial charge in [-0.1, -0.05) is 5.21 Å². The summed E-state index contributed by atoms with van der Waals surface area (Å²) in [5.41, 5.74) is 1.07. The van der Waals surface area contributed by atoms with Crippen LogP contribution in [0.15, 0.2) is 12.3 Å². The van der Waals surface area contributed by atoms with E-state index in [2.05, 4.69) is 31.1 Å². The third-order valence-corrected chi connectivity index (χ3v) is 5.52. The molecule has 2 fully saturated rings. The molecular formula is C19H30N8. The molecule has 0 aromatic carbocycles. The summed E-state index contributed by atoms with van der Waals surface area (Å²) >= 11 is 0. The first-order valence-corrected chi connectivity index (χ1v) is 10.1. The lowest BCUT2D eigenvalue weighted by atomic mass is 10.1. The quantitative estimate of drug-likeness (QED) is 0.785. The van der Waals surface area contributed by atoms with Crippen molar-refractivity contribution in [2.75, 3.05) is 55.6 Å². The molecule has 0 aliphatic carbocycles. The molecule has 0 amide bonds. The van der Waals surface area contributed by atoms with Crippen molar-refractivity contribution < 1.29 is 0 Å². The van der Waals surface area contributed by atoms with Crippen molar-refractivity contribution in [3.8, 4) is 0 Å². The fraction of sp³-hybridized carbons (Fsp3) is 0.684. The van der Waals surface area contributed by atoms with Gasteiger partial charge in [-0.25, -0.2) is 9.97 Å². The fourth-order valence-electron chi connectivity index (χ4n) is 3.97. The molecule has 2 aliphatic rings. The molecule has 2 aromatic heterocycles. The van der Waals surface area contributed by atoms with E-state index in [4.69, 9.17) is 9.97 Å². The molecule has 2 aromatic rings. The molecule has 146 valence electrons. The predicted molar refractivity (Wildman–Crippen MR) is 106 cm³/mol. The molecule has 8 nitrogen and oxygen atoms in total. The van der Waals surface area contributed by atoms with E-state index in [1.807, 2.05) is 20.2 Å². The van der Waals surface area contributed by atoms with Crippen LogP contribution in [0, 0.1) is 6.92 Å². The SMILES string of the molecule is Cc1nc(N2CCCCC2)cc(N2CCN(CCc3cn(C)nn3)CC2)n1. The predicted octanol–water partition coefficient (Wildman–Crippen LogP) is 1.27. The highest BCUT2D eigenvalue weighted by Crippen LogP contribution is 2.23. The van der Waals surface area contributed by atoms with E-state index in [0.29, 0.717) is 0 Å². The zero-order valence-corrected chi connectivity index (χ0v) is 16.5. The fourth-order valence-corrected chi connectivity index (χ4v) is 3.97. The topological polar surface area (TPSA) is 66.2 Å². The lowest BCUT2D eigenvalue weighted by Gasteiger charge is -2.36. The van der Waals surface area contributed by atoms with Gasteiger partial charge in [0.2, 0.25) is 0 Å². The Morgan fingerprint density at radius 2 is 1.56 bits per heavy atom. The number of aromatic nitrogens is 5. The molecular weight excluding hydrogens is 340 g/mol. The Kier molecular flexibility index (Phi) is 5.52. The maximum Gasteiger partial charge on any atom is 0.134 e. The minimum absolute atomic E-state index is 0.873. The summed E-state index contributed by atoms with van der Waals surface area (Å²) in [5, 5.41) is 8.19. The molecule has 0 atom stereocenters. The van der Waals surface area contributed by atoms with E-state index < -0.39 is 0 Å². The molecule has 0 N–H and O–H groups in total. The van der Waals surface area contributed by atoms with Crippen LogP contribution in [0.1, 0.15) is 30.8 Å². The first kappa shape index (κ1) is 18.2. The molecule has 4 heterocycles. The van der Waals surface area contributed by atoms with Crippen LogP contribution < -0.4 is 9.80 Å². The highest BCUT2D eigenvalue weighted by molar-refractivity contribution is 5.51. The van der Waals surface area contributed by atoms with Gasteiger partial charge in [0.25, 0.3) is 0 Å². The number of rotatable bonds is 5. The molecule has 27 heavy (non-hydrogen) atoms. The van der Waals surface area contributed by atoms with Crippen LogP contribution in [0.3, 0.4) is 0 Å². The largest absolute Gasteiger partial charge is 0.356 e. The second kappa shape index (κ2) is 8.21. The second-order valence-electron chi connectivity index (χ2n) is 7.64. The maximum absolute atomic E-state index is 4.72. The van der Waals surface area contributed by atoms with Gasteiger partial charge in [-0.2, -0.15) is 0 Å². The summed E-state index contributed by atoms with van der Waals surface area (Å²) in [4.78, 5) is 16.7. The Hall–Kier alpha value is -2.22. The van der Waals surface area contributed by atoms with Gasteiger partial charge in [0, 0.05) is 71.5 Å². The highest BCUT2D eigenvalue weighted by atomic mass is 15.4. The van der Waals surface area contributed by atoms with Gasteiger partial charge >= 0.3 is 0 Å². The molecule has 0 radical (unpaired) electrons. The summed E-state index contributed by atoms with van der Waals surface area (Å²) in [6.45, 7) is 9.41. The van der Waals surface area contributed by atoms with Crippen LogP contribution in [0.5, 0.6) is 0 Å². The summed E-state index contributed by atoms with van der Waals surface area (Å²) in [7, 11) is 1.91. The maximum atomic E-state index is 4.72. The zero-order valence-electron chi connectivity index (χ0n) is 16.5. The molecule has 0 spiro atoms. The Morgan fingerprint density at radius 1 is 0.889 bits per heavy atom. The van der Waals surface area contributed by atoms with Crippen molar-refractivity contribution >= 4 is 11.6 Å². The molecule has 2 saturated heterocycles. The molecule has 0 unspecified atom stereocenters. The standard InChI is InChI=1S/C19H30N8/c1-16-20-18(26-7-4-3-5-8-26)14-19(21-16)27-12-10-25(11-13-27)9-6-17-15-24(2)23-22-17/h14-15H,3-13H2,1-2H3. The number of hydrogen-bond donors (Lipinski definition) is 0. The van der Waals surface area contributed by atoms with Crippen LogP contribution in [-0.4, -0.2) is 75.7 Å². The van der Waals surface area contributed by atoms with E-state index in [-0.39, 0.29) is 0 Å². The number of aryl methyl sites for hydroxylation is 2. The second-order valence-corrected chi connectivity index (χ2v) is 7.64. The van der Waals surface area contributed by atoms with Crippen LogP contribution in [0.25, 0.3) is 0 Å². The Morgan fingerprint density at radius 3 is 2.19 bits per heavy atom. The summed E-state index contributed by atoms with van der Waals surface area (Å²) in [5.74, 6) is 3.05. The van der Waals surface area contributed by atoms with E-state index in [0.717, 1.165) is 75.4 Å². The summed E-state index contributed by atoms with van der Waals surface area (Å²) < 4.78 is 1.77. The van der Waals surface area contributed by atoms with Gasteiger partial charge in [-0.15, -0.1) is 5.10 Å². The van der Waals surface area contributed by atoms with Crippen molar-refractivity contribution in [3.63, 3.8) is 0 Å². The van der Waals surface area contributed by atoms with Crippen LogP contribution in [0.2, 0.25) is 0 Å². The highest BCUT2D eigenvalue weighted by Gasteiger charge is 2.20. The van der Waals surface area contributed by atoms with Gasteiger partial charge in [0.1, 0.15) is 17.5 Å². The van der Waals surface area contributed by atoms with Gasteiger partial charge < -0.3 is 9.80 Å². The summed E-state index contributed by atoms with van der Waals surface area (Å²) in [6, 6.07) is 2.19. The van der Waals surface area contributed by atoms with Gasteiger partial charge in [-0.3, -0.25) is 9.58 Å². The average Bonchev–Trinajstić information content (AvgIpc) is 3.12. The van der Waals surface area contributed by atoms with Crippen LogP contribution >= 0.6 is 0 Å². The first-order chi connectivity index (χ1) is 13.2. The lowest BCUT2D eigenvalue weighted by molar-refractivity contribution is 0.259. The number of anilines is 2. The smallest absolute Gasteiger partial charge is 0.134 e. The minimum atomic E-state index is 0.873. The normalized spacial score (nSPS) is 18.9. The summed E-state index contributed by atoms with van der Waals surface area (Å²) in [6.07, 6.45) is 6.83. The van der Waals surface area contributed by atoms with Crippen LogP contribution in [0.4, 0.5) is 11.6 Å². The lowest BCUT2D eigenvalue weighted by Crippen LogP contribution is -2.47. The Bertz CT molecular complexity index is 744. The van der Waals surface area contributed by atoms with Crippen molar-refractivity contribution in [3.05, 3.63) is 23.8 Å². The monoisotopic (exact) mass is 370 g/mol. The number of piperazine rings is 1. The minimum Gasteiger partial charge on any atom is -0.356 e. The van der Waals surface area contributed by atoms with Crippen LogP contribution in [-0.2, 0) is 13.5 Å². The third kappa shape index (κ3) is 4.55. The zero-order chi connectivity index (χ0) is 18.6. The Balaban J connectivity index is 1.34. The van der Waals surface area contributed by atoms with E-state index in [9.17, 15) is 0 Å². The van der Waals surface area contributed by atoms with Crippen molar-refractivity contribution in [2.24, 2.45) is 7.05 Å². The first-order valence-electron chi connectivity index (χ1n) is 10.1. The average molecular weight is 371 g/mol.